The van der Waals surface area contributed by atoms with Crippen LogP contribution in [0.25, 0.3) is 0 Å². The smallest absolute Gasteiger partial charge is 0.308 e. The number of aromatic nitrogens is 2. The second kappa shape index (κ2) is 9.18. The van der Waals surface area contributed by atoms with Gasteiger partial charge in [-0.15, -0.1) is 10.2 Å². The van der Waals surface area contributed by atoms with Crippen LogP contribution in [-0.4, -0.2) is 52.9 Å². The van der Waals surface area contributed by atoms with Crippen LogP contribution in [0.1, 0.15) is 18.4 Å². The van der Waals surface area contributed by atoms with E-state index in [0.29, 0.717) is 36.8 Å². The summed E-state index contributed by atoms with van der Waals surface area (Å²) in [5, 5.41) is 12.2. The molecule has 1 aliphatic heterocycles. The molecule has 3 rings (SSSR count). The Bertz CT molecular complexity index is 786. The molecule has 0 unspecified atom stereocenters. The monoisotopic (exact) mass is 406 g/mol. The Morgan fingerprint density at radius 1 is 1.26 bits per heavy atom. The van der Waals surface area contributed by atoms with Crippen molar-refractivity contribution in [3.63, 3.8) is 0 Å². The van der Waals surface area contributed by atoms with Crippen LogP contribution in [0.2, 0.25) is 0 Å². The molecule has 1 aliphatic rings. The van der Waals surface area contributed by atoms with Gasteiger partial charge in [-0.25, -0.2) is 0 Å². The molecule has 1 amide bonds. The molecule has 144 valence electrons. The number of carbonyl (C=O) groups is 2. The van der Waals surface area contributed by atoms with Crippen molar-refractivity contribution < 1.29 is 14.3 Å². The number of methoxy groups -OCH3 is 1. The fraction of sp³-hybridized carbons (Fsp3) is 0.444. The van der Waals surface area contributed by atoms with Gasteiger partial charge in [0, 0.05) is 18.8 Å². The van der Waals surface area contributed by atoms with Gasteiger partial charge >= 0.3 is 5.97 Å². The van der Waals surface area contributed by atoms with Crippen molar-refractivity contribution in [2.24, 2.45) is 5.92 Å². The highest BCUT2D eigenvalue weighted by atomic mass is 32.2. The molecule has 2 aromatic rings. The molecular formula is C18H22N4O3S2. The van der Waals surface area contributed by atoms with Crippen molar-refractivity contribution in [2.45, 2.75) is 24.1 Å². The maximum atomic E-state index is 12.4. The second-order valence-corrected chi connectivity index (χ2v) is 8.53. The molecule has 7 nitrogen and oxygen atoms in total. The van der Waals surface area contributed by atoms with Crippen LogP contribution >= 0.6 is 23.1 Å². The Balaban J connectivity index is 1.45. The summed E-state index contributed by atoms with van der Waals surface area (Å²) in [5.74, 6) is 0.109. The summed E-state index contributed by atoms with van der Waals surface area (Å²) >= 11 is 2.82. The molecule has 1 aromatic heterocycles. The number of nitrogens with one attached hydrogen (secondary N) is 1. The number of likely N-dealkylation sites (tertiary alicyclic amines) is 1. The van der Waals surface area contributed by atoms with E-state index < -0.39 is 0 Å². The first-order valence-corrected chi connectivity index (χ1v) is 10.5. The van der Waals surface area contributed by atoms with Crippen molar-refractivity contribution in [1.82, 2.24) is 15.1 Å². The van der Waals surface area contributed by atoms with Crippen LogP contribution in [-0.2, 0) is 14.3 Å². The highest BCUT2D eigenvalue weighted by Gasteiger charge is 2.27. The number of anilines is 2. The van der Waals surface area contributed by atoms with E-state index in [1.807, 2.05) is 31.2 Å². The van der Waals surface area contributed by atoms with E-state index in [9.17, 15) is 9.59 Å². The maximum absolute atomic E-state index is 12.4. The zero-order chi connectivity index (χ0) is 19.2. The highest BCUT2D eigenvalue weighted by molar-refractivity contribution is 8.01. The highest BCUT2D eigenvalue weighted by Crippen LogP contribution is 2.28. The summed E-state index contributed by atoms with van der Waals surface area (Å²) in [7, 11) is 1.40. The number of hydrogen-bond acceptors (Lipinski definition) is 8. The summed E-state index contributed by atoms with van der Waals surface area (Å²) in [6.07, 6.45) is 1.32. The second-order valence-electron chi connectivity index (χ2n) is 6.33. The number of rotatable bonds is 6. The minimum absolute atomic E-state index is 0.0616. The van der Waals surface area contributed by atoms with Crippen LogP contribution in [0.15, 0.2) is 28.6 Å². The van der Waals surface area contributed by atoms with Gasteiger partial charge in [0.1, 0.15) is 0 Å². The van der Waals surface area contributed by atoms with Crippen LogP contribution in [0.5, 0.6) is 0 Å². The lowest BCUT2D eigenvalue weighted by molar-refractivity contribution is -0.148. The van der Waals surface area contributed by atoms with E-state index in [1.165, 1.54) is 35.8 Å². The van der Waals surface area contributed by atoms with Crippen LogP contribution < -0.4 is 5.32 Å². The third-order valence-corrected chi connectivity index (χ3v) is 6.37. The molecule has 9 heteroatoms. The molecule has 0 radical (unpaired) electrons. The SMILES string of the molecule is COC(=O)C1CCN(C(=O)CSc2nnc(Nc3ccc(C)cc3)s2)CC1. The molecule has 1 saturated heterocycles. The van der Waals surface area contributed by atoms with Gasteiger partial charge in [-0.1, -0.05) is 40.8 Å². The number of nitrogens with zero attached hydrogens (tertiary/aromatic N) is 3. The van der Waals surface area contributed by atoms with E-state index in [0.717, 1.165) is 10.0 Å². The lowest BCUT2D eigenvalue weighted by atomic mass is 9.97. The summed E-state index contributed by atoms with van der Waals surface area (Å²) in [5.41, 5.74) is 2.15. The minimum Gasteiger partial charge on any atom is -0.469 e. The molecular weight excluding hydrogens is 384 g/mol. The molecule has 2 heterocycles. The summed E-state index contributed by atoms with van der Waals surface area (Å²) in [6.45, 7) is 3.23. The number of piperidine rings is 1. The molecule has 1 N–H and O–H groups in total. The van der Waals surface area contributed by atoms with Gasteiger partial charge in [-0.3, -0.25) is 9.59 Å². The predicted octanol–water partition coefficient (Wildman–Crippen LogP) is 3.09. The third kappa shape index (κ3) is 5.43. The number of amides is 1. The van der Waals surface area contributed by atoms with Gasteiger partial charge in [0.05, 0.1) is 18.8 Å². The first kappa shape index (κ1) is 19.6. The Kier molecular flexibility index (Phi) is 6.68. The fourth-order valence-corrected chi connectivity index (χ4v) is 4.50. The zero-order valence-electron chi connectivity index (χ0n) is 15.3. The topological polar surface area (TPSA) is 84.4 Å². The molecule has 0 atom stereocenters. The molecule has 0 saturated carbocycles. The lowest BCUT2D eigenvalue weighted by Crippen LogP contribution is -2.41. The van der Waals surface area contributed by atoms with Crippen molar-refractivity contribution in [2.75, 3.05) is 31.3 Å². The van der Waals surface area contributed by atoms with Gasteiger partial charge in [-0.05, 0) is 31.9 Å². The molecule has 1 aromatic carbocycles. The van der Waals surface area contributed by atoms with E-state index in [4.69, 9.17) is 4.74 Å². The van der Waals surface area contributed by atoms with Crippen LogP contribution in [0.4, 0.5) is 10.8 Å². The standard InChI is InChI=1S/C18H22N4O3S2/c1-12-3-5-14(6-4-12)19-17-20-21-18(27-17)26-11-15(23)22-9-7-13(8-10-22)16(24)25-2/h3-6,13H,7-11H2,1-2H3,(H,19,20). The number of ether oxygens (including phenoxy) is 1. The van der Waals surface area contributed by atoms with Gasteiger partial charge in [0.2, 0.25) is 11.0 Å². The van der Waals surface area contributed by atoms with Crippen molar-refractivity contribution in [3.8, 4) is 0 Å². The van der Waals surface area contributed by atoms with E-state index >= 15 is 0 Å². The normalized spacial score (nSPS) is 14.8. The Morgan fingerprint density at radius 3 is 2.63 bits per heavy atom. The molecule has 1 fully saturated rings. The average Bonchev–Trinajstić information content (AvgIpc) is 3.14. The fourth-order valence-electron chi connectivity index (χ4n) is 2.82. The number of aryl methyl sites for hydroxylation is 1. The molecule has 27 heavy (non-hydrogen) atoms. The average molecular weight is 407 g/mol. The molecule has 0 aliphatic carbocycles. The van der Waals surface area contributed by atoms with E-state index in [2.05, 4.69) is 15.5 Å². The zero-order valence-corrected chi connectivity index (χ0v) is 16.9. The van der Waals surface area contributed by atoms with E-state index in [1.54, 1.807) is 4.90 Å². The van der Waals surface area contributed by atoms with Gasteiger partial charge in [0.25, 0.3) is 0 Å². The van der Waals surface area contributed by atoms with Gasteiger partial charge in [0.15, 0.2) is 4.34 Å². The van der Waals surface area contributed by atoms with Crippen LogP contribution in [0, 0.1) is 12.8 Å². The van der Waals surface area contributed by atoms with Crippen molar-refractivity contribution >= 4 is 45.8 Å². The Labute approximate surface area is 166 Å². The largest absolute Gasteiger partial charge is 0.469 e. The maximum Gasteiger partial charge on any atom is 0.308 e. The van der Waals surface area contributed by atoms with Crippen molar-refractivity contribution in [1.29, 1.82) is 0 Å². The third-order valence-electron chi connectivity index (χ3n) is 4.41. The number of benzene rings is 1. The summed E-state index contributed by atoms with van der Waals surface area (Å²) in [4.78, 5) is 25.7. The Morgan fingerprint density at radius 2 is 1.96 bits per heavy atom. The van der Waals surface area contributed by atoms with Crippen molar-refractivity contribution in [3.05, 3.63) is 29.8 Å². The molecule has 0 bridgehead atoms. The Hall–Kier alpha value is -2.13. The molecule has 0 spiro atoms. The lowest BCUT2D eigenvalue weighted by Gasteiger charge is -2.30. The number of hydrogen-bond donors (Lipinski definition) is 1. The predicted molar refractivity (Wildman–Crippen MR) is 106 cm³/mol. The quantitative estimate of drug-likeness (QED) is 0.583. The number of carbonyl (C=O) groups excluding carboxylic acids is 2. The summed E-state index contributed by atoms with van der Waals surface area (Å²) in [6, 6.07) is 8.04. The minimum atomic E-state index is -0.182. The number of thioether (sulfide) groups is 1. The van der Waals surface area contributed by atoms with Gasteiger partial charge < -0.3 is 15.0 Å². The first-order valence-electron chi connectivity index (χ1n) is 8.71. The van der Waals surface area contributed by atoms with Crippen LogP contribution in [0.3, 0.4) is 0 Å². The van der Waals surface area contributed by atoms with Gasteiger partial charge in [-0.2, -0.15) is 0 Å². The first-order chi connectivity index (χ1) is 13.0. The van der Waals surface area contributed by atoms with E-state index in [-0.39, 0.29) is 17.8 Å². The number of esters is 1. The summed E-state index contributed by atoms with van der Waals surface area (Å²) < 4.78 is 5.53.